The lowest BCUT2D eigenvalue weighted by Gasteiger charge is -2.17. The first-order valence-corrected chi connectivity index (χ1v) is 23.0. The maximum Gasteiger partial charge on any atom is 0.196 e. The van der Waals surface area contributed by atoms with Crippen LogP contribution in [0.15, 0.2) is 65.9 Å². The van der Waals surface area contributed by atoms with Gasteiger partial charge in [-0.1, -0.05) is 184 Å². The van der Waals surface area contributed by atoms with Gasteiger partial charge in [0.25, 0.3) is 0 Å². The van der Waals surface area contributed by atoms with Crippen molar-refractivity contribution < 1.29 is 4.70 Å². The topological polar surface area (TPSA) is 15.4 Å². The van der Waals surface area contributed by atoms with Crippen LogP contribution in [0.25, 0.3) is 17.2 Å². The predicted molar refractivity (Wildman–Crippen MR) is 239 cm³/mol. The van der Waals surface area contributed by atoms with Crippen LogP contribution in [0.3, 0.4) is 0 Å². The quantitative estimate of drug-likeness (QED) is 0.0368. The van der Waals surface area contributed by atoms with Gasteiger partial charge in [-0.3, -0.25) is 0 Å². The smallest absolute Gasteiger partial charge is 0.0934 e. The van der Waals surface area contributed by atoms with E-state index in [0.717, 1.165) is 5.69 Å². The highest BCUT2D eigenvalue weighted by molar-refractivity contribution is 5.72. The summed E-state index contributed by atoms with van der Waals surface area (Å²) < 4.78 is 2.03. The van der Waals surface area contributed by atoms with Crippen LogP contribution in [0, 0.1) is 6.92 Å². The molecule has 0 spiro atoms. The first-order valence-electron chi connectivity index (χ1n) is 23.0. The molecule has 3 aromatic carbocycles. The Morgan fingerprint density at radius 2 is 0.963 bits per heavy atom. The van der Waals surface area contributed by atoms with Crippen molar-refractivity contribution in [1.29, 1.82) is 0 Å². The summed E-state index contributed by atoms with van der Waals surface area (Å²) in [5.41, 5.74) is 12.8. The second-order valence-electron chi connectivity index (χ2n) is 16.3. The molecule has 0 aliphatic heterocycles. The molecule has 0 radical (unpaired) electrons. The Balaban J connectivity index is 1.88. The first-order chi connectivity index (χ1) is 26.5. The summed E-state index contributed by atoms with van der Waals surface area (Å²) in [6.45, 7) is 11.6. The maximum absolute atomic E-state index is 5.14. The van der Waals surface area contributed by atoms with Crippen molar-refractivity contribution in [2.75, 3.05) is 7.05 Å². The number of aryl methyl sites for hydroxylation is 3. The van der Waals surface area contributed by atoms with E-state index in [2.05, 4.69) is 109 Å². The molecule has 3 aromatic rings. The minimum absolute atomic E-state index is 1.09. The van der Waals surface area contributed by atoms with Crippen molar-refractivity contribution >= 4 is 11.8 Å². The molecule has 0 atom stereocenters. The lowest BCUT2D eigenvalue weighted by molar-refractivity contribution is -0.491. The number of azo groups is 2. The molecule has 0 aliphatic carbocycles. The number of nitrogens with zero attached hydrogens (tertiary/aromatic N) is 2. The van der Waals surface area contributed by atoms with E-state index in [1.165, 1.54) is 195 Å². The molecule has 0 saturated heterocycles. The van der Waals surface area contributed by atoms with Gasteiger partial charge in [-0.05, 0) is 126 Å². The van der Waals surface area contributed by atoms with Crippen molar-refractivity contribution in [3.63, 3.8) is 0 Å². The van der Waals surface area contributed by atoms with Gasteiger partial charge in [0.2, 0.25) is 0 Å². The monoisotopic (exact) mass is 734 g/mol. The first kappa shape index (κ1) is 45.4. The molecular weight excluding hydrogens is 653 g/mol. The molecule has 0 unspecified atom stereocenters. The Labute approximate surface area is 334 Å². The summed E-state index contributed by atoms with van der Waals surface area (Å²) in [4.78, 5) is 0. The highest BCUT2D eigenvalue weighted by Gasteiger charge is 2.14. The van der Waals surface area contributed by atoms with E-state index >= 15 is 0 Å². The Hall–Kier alpha value is -3.00. The number of rotatable bonds is 30. The lowest BCUT2D eigenvalue weighted by Crippen LogP contribution is -2.01. The number of hydrogen-bond acceptors (Lipinski definition) is 1. The molecule has 0 amide bonds. The van der Waals surface area contributed by atoms with Crippen molar-refractivity contribution in [1.82, 2.24) is 0 Å². The van der Waals surface area contributed by atoms with Gasteiger partial charge in [-0.15, -0.1) is 0 Å². The van der Waals surface area contributed by atoms with E-state index in [0.29, 0.717) is 0 Å². The van der Waals surface area contributed by atoms with E-state index < -0.39 is 0 Å². The highest BCUT2D eigenvalue weighted by atomic mass is 15.2. The van der Waals surface area contributed by atoms with Crippen LogP contribution in [0.1, 0.15) is 202 Å². The second kappa shape index (κ2) is 28.4. The molecule has 0 fully saturated rings. The van der Waals surface area contributed by atoms with E-state index in [-0.39, 0.29) is 0 Å². The number of unbranched alkanes of at least 4 members (excludes halogenated alkanes) is 18. The highest BCUT2D eigenvalue weighted by Crippen LogP contribution is 2.32. The maximum atomic E-state index is 5.14. The lowest BCUT2D eigenvalue weighted by atomic mass is 9.87. The minimum Gasteiger partial charge on any atom is -0.0934 e. The van der Waals surface area contributed by atoms with Gasteiger partial charge < -0.3 is 0 Å². The third-order valence-electron chi connectivity index (χ3n) is 11.4. The zero-order valence-electron chi connectivity index (χ0n) is 36.1. The van der Waals surface area contributed by atoms with E-state index in [9.17, 15) is 0 Å². The fourth-order valence-electron chi connectivity index (χ4n) is 8.17. The molecule has 0 bridgehead atoms. The van der Waals surface area contributed by atoms with Gasteiger partial charge in [0.1, 0.15) is 5.69 Å². The van der Waals surface area contributed by atoms with Gasteiger partial charge in [0.15, 0.2) is 13.2 Å². The molecule has 0 aliphatic rings. The molecule has 0 heterocycles. The molecule has 0 saturated carbocycles. The Morgan fingerprint density at radius 1 is 0.500 bits per heavy atom. The third kappa shape index (κ3) is 17.6. The van der Waals surface area contributed by atoms with Crippen LogP contribution in [0.4, 0.5) is 5.69 Å². The fourth-order valence-corrected chi connectivity index (χ4v) is 8.17. The second-order valence-corrected chi connectivity index (χ2v) is 16.3. The molecular formula is C52H81N2+. The van der Waals surface area contributed by atoms with Gasteiger partial charge in [-0.2, -0.15) is 0 Å². The van der Waals surface area contributed by atoms with Crippen molar-refractivity contribution in [2.24, 2.45) is 5.11 Å². The third-order valence-corrected chi connectivity index (χ3v) is 11.4. The zero-order valence-corrected chi connectivity index (χ0v) is 36.1. The van der Waals surface area contributed by atoms with Gasteiger partial charge >= 0.3 is 0 Å². The average Bonchev–Trinajstić information content (AvgIpc) is 3.18. The zero-order chi connectivity index (χ0) is 38.6. The predicted octanol–water partition coefficient (Wildman–Crippen LogP) is 16.9. The molecule has 2 heteroatoms. The average molecular weight is 734 g/mol. The van der Waals surface area contributed by atoms with Gasteiger partial charge in [-0.25, -0.2) is 0 Å². The summed E-state index contributed by atoms with van der Waals surface area (Å²) in [5.74, 6) is 0. The molecule has 298 valence electrons. The summed E-state index contributed by atoms with van der Waals surface area (Å²) in [6.07, 6.45) is 38.5. The molecule has 3 rings (SSSR count). The molecule has 0 aromatic heterocycles. The van der Waals surface area contributed by atoms with Crippen molar-refractivity contribution in [3.8, 4) is 11.1 Å². The summed E-state index contributed by atoms with van der Waals surface area (Å²) in [5, 5.41) is 5.14. The minimum atomic E-state index is 1.09. The summed E-state index contributed by atoms with van der Waals surface area (Å²) >= 11 is 0. The van der Waals surface area contributed by atoms with Crippen LogP contribution in [0.5, 0.6) is 0 Å². The summed E-state index contributed by atoms with van der Waals surface area (Å²) in [7, 11) is 2.10. The Bertz CT molecular complexity index is 1480. The van der Waals surface area contributed by atoms with Crippen molar-refractivity contribution in [2.45, 2.75) is 202 Å². The van der Waals surface area contributed by atoms with Crippen LogP contribution < -0.4 is 0 Å². The normalized spacial score (nSPS) is 12.0. The SMILES string of the molecule is CCCCCCCCc1cc(N=[N+](C)C=Cc2cc(CCCCCC)c(CCCCCCCC)c(-c3ccccc3)c2)cc(C)c1CCCCCCCC. The molecule has 2 nitrogen and oxygen atoms in total. The van der Waals surface area contributed by atoms with E-state index in [4.69, 9.17) is 5.11 Å². The Kier molecular flexibility index (Phi) is 23.9. The van der Waals surface area contributed by atoms with Crippen LogP contribution in [-0.4, -0.2) is 11.7 Å². The molecule has 0 N–H and O–H groups in total. The van der Waals surface area contributed by atoms with Crippen LogP contribution in [-0.2, 0) is 25.7 Å². The standard InChI is InChI=1S/C52H81N2/c1-7-11-15-19-22-27-35-48-43-49(40-44(5)50(48)36-30-23-20-16-12-8-2)53-54(6)39-38-45-41-47(34-26-18-14-10-4)51(37-31-24-21-17-13-9-3)52(42-45)46-32-28-25-29-33-46/h25,28-29,32-33,38-43H,7-24,26-27,30-31,34-37H2,1-6H3/q+1. The largest absolute Gasteiger partial charge is 0.196 e. The molecule has 54 heavy (non-hydrogen) atoms. The van der Waals surface area contributed by atoms with E-state index in [1.54, 1.807) is 16.7 Å². The number of hydrogen-bond donors (Lipinski definition) is 0. The summed E-state index contributed by atoms with van der Waals surface area (Å²) in [6, 6.07) is 20.8. The van der Waals surface area contributed by atoms with Crippen LogP contribution >= 0.6 is 0 Å². The van der Waals surface area contributed by atoms with Gasteiger partial charge in [0, 0.05) is 6.08 Å². The van der Waals surface area contributed by atoms with Gasteiger partial charge in [0.05, 0.1) is 0 Å². The van der Waals surface area contributed by atoms with E-state index in [1.807, 2.05) is 4.70 Å². The van der Waals surface area contributed by atoms with Crippen LogP contribution in [0.2, 0.25) is 0 Å². The fraction of sp³-hybridized carbons (Fsp3) is 0.615. The van der Waals surface area contributed by atoms with Crippen molar-refractivity contribution in [3.05, 3.63) is 94.2 Å². The Morgan fingerprint density at radius 3 is 1.52 bits per heavy atom. The number of benzene rings is 3.